The molecule has 0 radical (unpaired) electrons. The first kappa shape index (κ1) is 25.2. The van der Waals surface area contributed by atoms with Gasteiger partial charge in [0.2, 0.25) is 0 Å². The number of nitrogens with zero attached hydrogens (tertiary/aromatic N) is 1. The molecule has 1 aliphatic heterocycles. The second kappa shape index (κ2) is 11.6. The summed E-state index contributed by atoms with van der Waals surface area (Å²) in [6.45, 7) is 5.34. The van der Waals surface area contributed by atoms with Gasteiger partial charge in [-0.05, 0) is 42.8 Å². The number of rotatable bonds is 9. The zero-order valence-corrected chi connectivity index (χ0v) is 20.3. The molecule has 1 aliphatic rings. The number of thioether (sulfide) groups is 1. The van der Waals surface area contributed by atoms with Crippen molar-refractivity contribution in [1.82, 2.24) is 5.32 Å². The number of carbonyl (C=O) groups is 2. The highest BCUT2D eigenvalue weighted by Crippen LogP contribution is 2.43. The number of methoxy groups -OCH3 is 1. The molecule has 174 valence electrons. The largest absolute Gasteiger partial charge is 0.497 e. The van der Waals surface area contributed by atoms with Crippen LogP contribution in [0.5, 0.6) is 5.75 Å². The van der Waals surface area contributed by atoms with E-state index in [1.807, 2.05) is 0 Å². The molecule has 0 aliphatic carbocycles. The molecular weight excluding hydrogens is 472 g/mol. The number of nitriles is 1. The van der Waals surface area contributed by atoms with E-state index in [4.69, 9.17) is 21.1 Å². The first-order valence-electron chi connectivity index (χ1n) is 10.4. The molecule has 0 fully saturated rings. The second-order valence-electron chi connectivity index (χ2n) is 7.30. The molecule has 1 unspecified atom stereocenters. The van der Waals surface area contributed by atoms with Gasteiger partial charge in [0.05, 0.1) is 41.0 Å². The molecule has 0 saturated carbocycles. The number of hydrogen-bond donors (Lipinski definition) is 1. The van der Waals surface area contributed by atoms with Crippen LogP contribution in [-0.4, -0.2) is 31.2 Å². The summed E-state index contributed by atoms with van der Waals surface area (Å²) in [5.74, 6) is -0.659. The van der Waals surface area contributed by atoms with E-state index in [0.717, 1.165) is 0 Å². The van der Waals surface area contributed by atoms with Crippen molar-refractivity contribution < 1.29 is 19.1 Å². The standard InChI is InChI=1S/C26H23ClN2O4S/c1-4-13-33-26(31)23-16(2)29-25(20(14-28)24(23)19-7-5-6-8-21(19)27)34-15-22(30)17-9-11-18(32-3)12-10-17/h4-12,24,29H,1,13,15H2,2-3H3. The van der Waals surface area contributed by atoms with E-state index < -0.39 is 11.9 Å². The summed E-state index contributed by atoms with van der Waals surface area (Å²) in [6.07, 6.45) is 1.47. The van der Waals surface area contributed by atoms with E-state index in [-0.39, 0.29) is 29.3 Å². The van der Waals surface area contributed by atoms with E-state index >= 15 is 0 Å². The Morgan fingerprint density at radius 3 is 2.56 bits per heavy atom. The van der Waals surface area contributed by atoms with Crippen LogP contribution in [0.4, 0.5) is 0 Å². The smallest absolute Gasteiger partial charge is 0.337 e. The highest BCUT2D eigenvalue weighted by Gasteiger charge is 2.36. The summed E-state index contributed by atoms with van der Waals surface area (Å²) in [7, 11) is 1.56. The number of ketones is 1. The molecule has 6 nitrogen and oxygen atoms in total. The summed E-state index contributed by atoms with van der Waals surface area (Å²) in [5.41, 5.74) is 2.24. The highest BCUT2D eigenvalue weighted by molar-refractivity contribution is 8.03. The number of ether oxygens (including phenoxy) is 2. The number of carbonyl (C=O) groups excluding carboxylic acids is 2. The third-order valence-corrected chi connectivity index (χ3v) is 6.54. The zero-order valence-electron chi connectivity index (χ0n) is 18.8. The Kier molecular flexibility index (Phi) is 8.58. The van der Waals surface area contributed by atoms with Crippen LogP contribution in [0.3, 0.4) is 0 Å². The van der Waals surface area contributed by atoms with Crippen LogP contribution >= 0.6 is 23.4 Å². The van der Waals surface area contributed by atoms with Gasteiger partial charge in [-0.2, -0.15) is 5.26 Å². The molecule has 0 amide bonds. The van der Waals surface area contributed by atoms with Gasteiger partial charge in [0.1, 0.15) is 12.4 Å². The Morgan fingerprint density at radius 2 is 1.94 bits per heavy atom. The maximum Gasteiger partial charge on any atom is 0.337 e. The minimum Gasteiger partial charge on any atom is -0.497 e. The molecule has 0 spiro atoms. The van der Waals surface area contributed by atoms with Crippen LogP contribution in [0, 0.1) is 11.3 Å². The quantitative estimate of drug-likeness (QED) is 0.284. The monoisotopic (exact) mass is 494 g/mol. The fourth-order valence-electron chi connectivity index (χ4n) is 3.53. The normalized spacial score (nSPS) is 15.3. The molecule has 34 heavy (non-hydrogen) atoms. The summed E-state index contributed by atoms with van der Waals surface area (Å²) in [4.78, 5) is 25.7. The van der Waals surface area contributed by atoms with E-state index in [0.29, 0.717) is 32.6 Å². The third kappa shape index (κ3) is 5.53. The van der Waals surface area contributed by atoms with E-state index in [2.05, 4.69) is 18.0 Å². The number of halogens is 1. The van der Waals surface area contributed by atoms with Crippen LogP contribution in [0.2, 0.25) is 5.02 Å². The predicted octanol–water partition coefficient (Wildman–Crippen LogP) is 5.39. The molecule has 0 saturated heterocycles. The van der Waals surface area contributed by atoms with E-state index in [1.54, 1.807) is 62.6 Å². The van der Waals surface area contributed by atoms with Crippen LogP contribution in [0.25, 0.3) is 0 Å². The van der Waals surface area contributed by atoms with Crippen molar-refractivity contribution in [2.75, 3.05) is 19.5 Å². The van der Waals surface area contributed by atoms with Gasteiger partial charge in [-0.15, -0.1) is 0 Å². The maximum atomic E-state index is 12.9. The van der Waals surface area contributed by atoms with Gasteiger partial charge in [-0.3, -0.25) is 4.79 Å². The van der Waals surface area contributed by atoms with Gasteiger partial charge in [-0.1, -0.05) is 54.2 Å². The molecular formula is C26H23ClN2O4S. The second-order valence-corrected chi connectivity index (χ2v) is 8.69. The van der Waals surface area contributed by atoms with Crippen molar-refractivity contribution in [2.24, 2.45) is 0 Å². The Labute approximate surface area is 207 Å². The Balaban J connectivity index is 1.96. The van der Waals surface area contributed by atoms with Gasteiger partial charge in [0, 0.05) is 16.3 Å². The van der Waals surface area contributed by atoms with Gasteiger partial charge in [0.25, 0.3) is 0 Å². The van der Waals surface area contributed by atoms with Crippen molar-refractivity contribution in [3.8, 4) is 11.8 Å². The molecule has 0 bridgehead atoms. The van der Waals surface area contributed by atoms with Crippen molar-refractivity contribution >= 4 is 35.1 Å². The van der Waals surface area contributed by atoms with Crippen LogP contribution in [0.1, 0.15) is 28.8 Å². The Bertz CT molecular complexity index is 1210. The first-order chi connectivity index (χ1) is 16.4. The third-order valence-electron chi connectivity index (χ3n) is 5.18. The minimum atomic E-state index is -0.740. The average molecular weight is 495 g/mol. The molecule has 8 heteroatoms. The topological polar surface area (TPSA) is 88.4 Å². The first-order valence-corrected chi connectivity index (χ1v) is 11.7. The number of allylic oxidation sites excluding steroid dienone is 2. The Hall–Kier alpha value is -3.47. The number of esters is 1. The molecule has 2 aromatic carbocycles. The summed E-state index contributed by atoms with van der Waals surface area (Å²) in [5, 5.41) is 14.1. The number of benzene rings is 2. The lowest BCUT2D eigenvalue weighted by molar-refractivity contribution is -0.138. The SMILES string of the molecule is C=CCOC(=O)C1=C(C)NC(SCC(=O)c2ccc(OC)cc2)=C(C#N)C1c1ccccc1Cl. The molecule has 1 heterocycles. The highest BCUT2D eigenvalue weighted by atomic mass is 35.5. The van der Waals surface area contributed by atoms with Crippen molar-refractivity contribution in [2.45, 2.75) is 12.8 Å². The summed E-state index contributed by atoms with van der Waals surface area (Å²) >= 11 is 7.67. The average Bonchev–Trinajstić information content (AvgIpc) is 2.85. The fraction of sp³-hybridized carbons (Fsp3) is 0.192. The van der Waals surface area contributed by atoms with Crippen molar-refractivity contribution in [1.29, 1.82) is 5.26 Å². The lowest BCUT2D eigenvalue weighted by Gasteiger charge is -2.29. The number of Topliss-reactive ketones (excluding diaryl/α,β-unsaturated/α-hetero) is 1. The Morgan fingerprint density at radius 1 is 1.24 bits per heavy atom. The summed E-state index contributed by atoms with van der Waals surface area (Å²) < 4.78 is 10.4. The van der Waals surface area contributed by atoms with Crippen LogP contribution in [0.15, 0.2) is 83.1 Å². The molecule has 0 aromatic heterocycles. The number of nitrogens with one attached hydrogen (secondary N) is 1. The van der Waals surface area contributed by atoms with Gasteiger partial charge < -0.3 is 14.8 Å². The number of hydrogen-bond acceptors (Lipinski definition) is 7. The molecule has 2 aromatic rings. The lowest BCUT2D eigenvalue weighted by Crippen LogP contribution is -2.29. The minimum absolute atomic E-state index is 0.0361. The number of dihydropyridines is 1. The lowest BCUT2D eigenvalue weighted by atomic mass is 9.82. The molecule has 1 atom stereocenters. The van der Waals surface area contributed by atoms with Gasteiger partial charge in [0.15, 0.2) is 5.78 Å². The van der Waals surface area contributed by atoms with E-state index in [1.165, 1.54) is 17.8 Å². The predicted molar refractivity (Wildman–Crippen MR) is 134 cm³/mol. The molecule has 1 N–H and O–H groups in total. The van der Waals surface area contributed by atoms with Crippen molar-refractivity contribution in [3.63, 3.8) is 0 Å². The van der Waals surface area contributed by atoms with Gasteiger partial charge in [-0.25, -0.2) is 4.79 Å². The zero-order chi connectivity index (χ0) is 24.7. The van der Waals surface area contributed by atoms with Gasteiger partial charge >= 0.3 is 5.97 Å². The summed E-state index contributed by atoms with van der Waals surface area (Å²) in [6, 6.07) is 16.1. The maximum absolute atomic E-state index is 12.9. The molecule has 3 rings (SSSR count). The van der Waals surface area contributed by atoms with Crippen molar-refractivity contribution in [3.05, 3.63) is 99.2 Å². The van der Waals surface area contributed by atoms with Crippen LogP contribution in [-0.2, 0) is 9.53 Å². The van der Waals surface area contributed by atoms with Crippen LogP contribution < -0.4 is 10.1 Å². The fourth-order valence-corrected chi connectivity index (χ4v) is 4.76. The van der Waals surface area contributed by atoms with E-state index in [9.17, 15) is 14.9 Å².